The lowest BCUT2D eigenvalue weighted by Gasteiger charge is -2.26. The third kappa shape index (κ3) is 16.2. The fourth-order valence-corrected chi connectivity index (χ4v) is 1.89. The third-order valence-corrected chi connectivity index (χ3v) is 2.71. The van der Waals surface area contributed by atoms with Crippen molar-refractivity contribution < 1.29 is 26.7 Å². The summed E-state index contributed by atoms with van der Waals surface area (Å²) in [6, 6.07) is 0. The Balaban J connectivity index is 0. The van der Waals surface area contributed by atoms with Gasteiger partial charge in [-0.1, -0.05) is 39.0 Å². The molecule has 18 heavy (non-hydrogen) atoms. The molecule has 0 saturated carbocycles. The highest BCUT2D eigenvalue weighted by atomic mass is 35.5. The van der Waals surface area contributed by atoms with E-state index in [1.807, 2.05) is 0 Å². The molecule has 0 heterocycles. The standard InChI is InChI=1S/C14H32NO2.ClH/c1-5-6-7-8-9-10-11-17-13-14(16)12-15(2,3)4;/h14,16H,5-13H2,1-4H3;1H/q+1;/p-1. The zero-order valence-electron chi connectivity index (χ0n) is 12.6. The molecule has 0 aliphatic rings. The Morgan fingerprint density at radius 3 is 2.11 bits per heavy atom. The molecule has 1 atom stereocenters. The predicted octanol–water partition coefficient (Wildman–Crippen LogP) is -0.565. The third-order valence-electron chi connectivity index (χ3n) is 2.71. The SMILES string of the molecule is CCCCCCCCOCC(O)C[N+](C)(C)C.[Cl-]. The van der Waals surface area contributed by atoms with E-state index in [0.717, 1.165) is 24.1 Å². The molecule has 1 unspecified atom stereocenters. The fourth-order valence-electron chi connectivity index (χ4n) is 1.89. The van der Waals surface area contributed by atoms with E-state index >= 15 is 0 Å². The van der Waals surface area contributed by atoms with E-state index in [-0.39, 0.29) is 18.5 Å². The number of halogens is 1. The van der Waals surface area contributed by atoms with Gasteiger partial charge in [0.05, 0.1) is 27.7 Å². The Bertz CT molecular complexity index is 172. The van der Waals surface area contributed by atoms with Crippen LogP contribution in [0.4, 0.5) is 0 Å². The summed E-state index contributed by atoms with van der Waals surface area (Å²) in [6.45, 7) is 4.25. The van der Waals surface area contributed by atoms with Crippen molar-refractivity contribution in [1.82, 2.24) is 0 Å². The fraction of sp³-hybridized carbons (Fsp3) is 1.00. The van der Waals surface area contributed by atoms with Crippen LogP contribution >= 0.6 is 0 Å². The minimum absolute atomic E-state index is 0. The number of unbranched alkanes of at least 4 members (excludes halogenated alkanes) is 5. The molecule has 3 nitrogen and oxygen atoms in total. The van der Waals surface area contributed by atoms with Gasteiger partial charge in [0.15, 0.2) is 0 Å². The van der Waals surface area contributed by atoms with Crippen LogP contribution in [0.15, 0.2) is 0 Å². The van der Waals surface area contributed by atoms with E-state index in [2.05, 4.69) is 28.1 Å². The van der Waals surface area contributed by atoms with Crippen LogP contribution in [0.2, 0.25) is 0 Å². The maximum absolute atomic E-state index is 9.72. The molecule has 0 fully saturated rings. The molecular formula is C14H32ClNO2. The molecule has 0 aliphatic heterocycles. The number of nitrogens with zero attached hydrogens (tertiary/aromatic N) is 1. The topological polar surface area (TPSA) is 29.5 Å². The maximum atomic E-state index is 9.72. The second kappa shape index (κ2) is 12.2. The minimum Gasteiger partial charge on any atom is -1.00 e. The molecule has 0 aromatic heterocycles. The number of rotatable bonds is 11. The first-order valence-corrected chi connectivity index (χ1v) is 7.02. The second-order valence-electron chi connectivity index (χ2n) is 5.97. The molecule has 1 N–H and O–H groups in total. The van der Waals surface area contributed by atoms with Crippen LogP contribution in [0.5, 0.6) is 0 Å². The minimum atomic E-state index is -0.338. The Morgan fingerprint density at radius 1 is 1.00 bits per heavy atom. The molecule has 0 aromatic carbocycles. The average Bonchev–Trinajstić information content (AvgIpc) is 2.19. The number of quaternary nitrogens is 1. The highest BCUT2D eigenvalue weighted by Crippen LogP contribution is 2.05. The van der Waals surface area contributed by atoms with Crippen molar-refractivity contribution in [3.8, 4) is 0 Å². The van der Waals surface area contributed by atoms with Crippen molar-refractivity contribution >= 4 is 0 Å². The van der Waals surface area contributed by atoms with Crippen molar-refractivity contribution in [2.75, 3.05) is 40.9 Å². The van der Waals surface area contributed by atoms with Gasteiger partial charge in [0.2, 0.25) is 0 Å². The molecule has 4 heteroatoms. The zero-order valence-corrected chi connectivity index (χ0v) is 13.4. The van der Waals surface area contributed by atoms with E-state index in [9.17, 15) is 5.11 Å². The van der Waals surface area contributed by atoms with Crippen molar-refractivity contribution in [3.05, 3.63) is 0 Å². The molecule has 0 aromatic rings. The van der Waals surface area contributed by atoms with E-state index in [1.54, 1.807) is 0 Å². The van der Waals surface area contributed by atoms with Gasteiger partial charge in [-0.15, -0.1) is 0 Å². The summed E-state index contributed by atoms with van der Waals surface area (Å²) in [5.74, 6) is 0. The van der Waals surface area contributed by atoms with E-state index in [4.69, 9.17) is 4.74 Å². The number of hydrogen-bond donors (Lipinski definition) is 1. The van der Waals surface area contributed by atoms with Crippen LogP contribution in [0.25, 0.3) is 0 Å². The molecule has 0 bridgehead atoms. The van der Waals surface area contributed by atoms with Gasteiger partial charge in [0.1, 0.15) is 12.6 Å². The highest BCUT2D eigenvalue weighted by Gasteiger charge is 2.14. The van der Waals surface area contributed by atoms with Crippen LogP contribution < -0.4 is 12.4 Å². The van der Waals surface area contributed by atoms with E-state index in [1.165, 1.54) is 32.1 Å². The Kier molecular flexibility index (Phi) is 13.9. The van der Waals surface area contributed by atoms with Gasteiger partial charge < -0.3 is 26.7 Å². The Morgan fingerprint density at radius 2 is 1.56 bits per heavy atom. The van der Waals surface area contributed by atoms with Crippen molar-refractivity contribution in [1.29, 1.82) is 0 Å². The Labute approximate surface area is 120 Å². The van der Waals surface area contributed by atoms with Crippen LogP contribution in [0, 0.1) is 0 Å². The lowest BCUT2D eigenvalue weighted by atomic mass is 10.1. The number of ether oxygens (including phenoxy) is 1. The van der Waals surface area contributed by atoms with Gasteiger partial charge in [-0.3, -0.25) is 0 Å². The van der Waals surface area contributed by atoms with Gasteiger partial charge >= 0.3 is 0 Å². The quantitative estimate of drug-likeness (QED) is 0.406. The number of likely N-dealkylation sites (N-methyl/N-ethyl adjacent to an activating group) is 1. The lowest BCUT2D eigenvalue weighted by Crippen LogP contribution is -3.00. The van der Waals surface area contributed by atoms with Gasteiger partial charge in [-0.25, -0.2) is 0 Å². The first kappa shape index (κ1) is 20.5. The highest BCUT2D eigenvalue weighted by molar-refractivity contribution is 4.51. The molecular weight excluding hydrogens is 250 g/mol. The van der Waals surface area contributed by atoms with Gasteiger partial charge in [-0.05, 0) is 6.42 Å². The monoisotopic (exact) mass is 281 g/mol. The van der Waals surface area contributed by atoms with Crippen molar-refractivity contribution in [2.45, 2.75) is 51.6 Å². The Hall–Kier alpha value is 0.170. The predicted molar refractivity (Wildman–Crippen MR) is 73.1 cm³/mol. The molecule has 0 saturated heterocycles. The second-order valence-corrected chi connectivity index (χ2v) is 5.97. The summed E-state index contributed by atoms with van der Waals surface area (Å²) >= 11 is 0. The number of aliphatic hydroxyl groups excluding tert-OH is 1. The lowest BCUT2D eigenvalue weighted by molar-refractivity contribution is -0.873. The summed E-state index contributed by atoms with van der Waals surface area (Å²) in [6.07, 6.45) is 7.36. The van der Waals surface area contributed by atoms with E-state index in [0.29, 0.717) is 6.61 Å². The van der Waals surface area contributed by atoms with Crippen molar-refractivity contribution in [2.24, 2.45) is 0 Å². The summed E-state index contributed by atoms with van der Waals surface area (Å²) in [7, 11) is 6.24. The number of aliphatic hydroxyl groups is 1. The van der Waals surface area contributed by atoms with Gasteiger partial charge in [-0.2, -0.15) is 0 Å². The number of hydrogen-bond acceptors (Lipinski definition) is 2. The van der Waals surface area contributed by atoms with Gasteiger partial charge in [0.25, 0.3) is 0 Å². The summed E-state index contributed by atoms with van der Waals surface area (Å²) in [5, 5.41) is 9.72. The van der Waals surface area contributed by atoms with Gasteiger partial charge in [0, 0.05) is 6.61 Å². The molecule has 112 valence electrons. The normalized spacial score (nSPS) is 13.2. The summed E-state index contributed by atoms with van der Waals surface area (Å²) < 4.78 is 6.27. The summed E-state index contributed by atoms with van der Waals surface area (Å²) in [5.41, 5.74) is 0. The average molecular weight is 282 g/mol. The smallest absolute Gasteiger partial charge is 0.126 e. The van der Waals surface area contributed by atoms with E-state index < -0.39 is 0 Å². The molecule has 0 spiro atoms. The first-order chi connectivity index (χ1) is 7.95. The largest absolute Gasteiger partial charge is 1.00 e. The van der Waals surface area contributed by atoms with Crippen LogP contribution in [0.1, 0.15) is 45.4 Å². The summed E-state index contributed by atoms with van der Waals surface area (Å²) in [4.78, 5) is 0. The molecule has 0 rings (SSSR count). The van der Waals surface area contributed by atoms with Crippen molar-refractivity contribution in [3.63, 3.8) is 0 Å². The van der Waals surface area contributed by atoms with Crippen LogP contribution in [-0.4, -0.2) is 56.6 Å². The van der Waals surface area contributed by atoms with Crippen LogP contribution in [0.3, 0.4) is 0 Å². The molecule has 0 amide bonds. The zero-order chi connectivity index (χ0) is 13.1. The molecule has 0 radical (unpaired) electrons. The maximum Gasteiger partial charge on any atom is 0.126 e. The van der Waals surface area contributed by atoms with Crippen LogP contribution in [-0.2, 0) is 4.74 Å². The first-order valence-electron chi connectivity index (χ1n) is 7.02. The molecule has 0 aliphatic carbocycles.